The number of benzene rings is 3. The van der Waals surface area contributed by atoms with Crippen molar-refractivity contribution in [2.75, 3.05) is 31.7 Å². The molecule has 3 aromatic carbocycles. The van der Waals surface area contributed by atoms with Crippen molar-refractivity contribution in [3.05, 3.63) is 78.4 Å². The van der Waals surface area contributed by atoms with Crippen LogP contribution in [-0.4, -0.2) is 31.8 Å². The third-order valence-corrected chi connectivity index (χ3v) is 5.42. The fourth-order valence-corrected chi connectivity index (χ4v) is 3.86. The van der Waals surface area contributed by atoms with Gasteiger partial charge in [0.1, 0.15) is 17.7 Å². The van der Waals surface area contributed by atoms with Crippen molar-refractivity contribution in [2.45, 2.75) is 6.10 Å². The monoisotopic (exact) mass is 370 g/mol. The number of rotatable bonds is 3. The Morgan fingerprint density at radius 1 is 0.929 bits per heavy atom. The fourth-order valence-electron chi connectivity index (χ4n) is 3.86. The Hall–Kier alpha value is -3.11. The molecule has 5 rings (SSSR count). The van der Waals surface area contributed by atoms with Gasteiger partial charge in [-0.15, -0.1) is 0 Å². The summed E-state index contributed by atoms with van der Waals surface area (Å²) >= 11 is 0. The van der Waals surface area contributed by atoms with E-state index in [0.717, 1.165) is 30.2 Å². The van der Waals surface area contributed by atoms with Gasteiger partial charge in [-0.1, -0.05) is 36.4 Å². The smallest absolute Gasteiger partial charge is 0.129 e. The van der Waals surface area contributed by atoms with Gasteiger partial charge >= 0.3 is 0 Å². The van der Waals surface area contributed by atoms with Crippen LogP contribution in [0.3, 0.4) is 0 Å². The Balaban J connectivity index is 1.42. The molecule has 1 atom stereocenters. The number of methoxy groups -OCH3 is 1. The van der Waals surface area contributed by atoms with E-state index in [9.17, 15) is 0 Å². The summed E-state index contributed by atoms with van der Waals surface area (Å²) in [5.74, 6) is 1.89. The summed E-state index contributed by atoms with van der Waals surface area (Å²) in [7, 11) is 1.70. The summed E-state index contributed by atoms with van der Waals surface area (Å²) in [6.45, 7) is 2.35. The summed E-state index contributed by atoms with van der Waals surface area (Å²) < 4.78 is 11.4. The Labute approximate surface area is 164 Å². The Bertz CT molecular complexity index is 1140. The van der Waals surface area contributed by atoms with Crippen molar-refractivity contribution < 1.29 is 9.47 Å². The van der Waals surface area contributed by atoms with E-state index in [2.05, 4.69) is 59.5 Å². The van der Waals surface area contributed by atoms with Crippen LogP contribution in [0, 0.1) is 0 Å². The first-order valence-corrected chi connectivity index (χ1v) is 9.60. The minimum atomic E-state index is 0.0357. The van der Waals surface area contributed by atoms with Crippen LogP contribution < -0.4 is 9.64 Å². The number of hydrogen-bond acceptors (Lipinski definition) is 4. The second kappa shape index (κ2) is 7.13. The van der Waals surface area contributed by atoms with Crippen LogP contribution in [0.4, 0.5) is 5.82 Å². The lowest BCUT2D eigenvalue weighted by Crippen LogP contribution is -2.38. The molecule has 28 heavy (non-hydrogen) atoms. The van der Waals surface area contributed by atoms with Crippen LogP contribution in [0.25, 0.3) is 21.7 Å². The van der Waals surface area contributed by atoms with Crippen molar-refractivity contribution in [1.29, 1.82) is 0 Å². The van der Waals surface area contributed by atoms with Gasteiger partial charge < -0.3 is 14.4 Å². The molecule has 0 N–H and O–H groups in total. The molecule has 0 bridgehead atoms. The zero-order valence-corrected chi connectivity index (χ0v) is 15.8. The normalized spacial score (nSPS) is 17.2. The molecule has 140 valence electrons. The summed E-state index contributed by atoms with van der Waals surface area (Å²) in [5, 5.41) is 3.54. The molecule has 1 aromatic heterocycles. The molecule has 0 saturated carbocycles. The average Bonchev–Trinajstić information content (AvgIpc) is 2.78. The first-order valence-electron chi connectivity index (χ1n) is 9.60. The zero-order valence-electron chi connectivity index (χ0n) is 15.8. The predicted molar refractivity (Wildman–Crippen MR) is 113 cm³/mol. The summed E-state index contributed by atoms with van der Waals surface area (Å²) in [6, 6.07) is 25.2. The van der Waals surface area contributed by atoms with Gasteiger partial charge in [0.25, 0.3) is 0 Å². The van der Waals surface area contributed by atoms with Crippen LogP contribution in [0.2, 0.25) is 0 Å². The van der Waals surface area contributed by atoms with E-state index in [-0.39, 0.29) is 6.10 Å². The van der Waals surface area contributed by atoms with Gasteiger partial charge in [-0.25, -0.2) is 4.98 Å². The maximum absolute atomic E-state index is 6.10. The van der Waals surface area contributed by atoms with Crippen LogP contribution in [0.1, 0.15) is 11.7 Å². The summed E-state index contributed by atoms with van der Waals surface area (Å²) in [4.78, 5) is 7.17. The molecular formula is C24H22N2O2. The molecule has 1 fully saturated rings. The number of pyridine rings is 1. The SMILES string of the molecule is COc1ccc2cc(C3CN(c4ccc5ccccc5n4)CCO3)ccc2c1. The van der Waals surface area contributed by atoms with Crippen molar-refractivity contribution in [2.24, 2.45) is 0 Å². The number of ether oxygens (including phenoxy) is 2. The highest BCUT2D eigenvalue weighted by atomic mass is 16.5. The third kappa shape index (κ3) is 3.16. The number of aromatic nitrogens is 1. The maximum Gasteiger partial charge on any atom is 0.129 e. The van der Waals surface area contributed by atoms with E-state index < -0.39 is 0 Å². The number of nitrogens with zero attached hydrogens (tertiary/aromatic N) is 2. The lowest BCUT2D eigenvalue weighted by atomic mass is 10.0. The van der Waals surface area contributed by atoms with Gasteiger partial charge in [0.05, 0.1) is 19.2 Å². The highest BCUT2D eigenvalue weighted by molar-refractivity contribution is 5.84. The minimum Gasteiger partial charge on any atom is -0.497 e. The van der Waals surface area contributed by atoms with Crippen molar-refractivity contribution in [1.82, 2.24) is 4.98 Å². The molecule has 4 nitrogen and oxygen atoms in total. The molecule has 2 heterocycles. The Morgan fingerprint density at radius 3 is 2.68 bits per heavy atom. The maximum atomic E-state index is 6.10. The minimum absolute atomic E-state index is 0.0357. The molecule has 1 unspecified atom stereocenters. The van der Waals surface area contributed by atoms with Crippen LogP contribution in [-0.2, 0) is 4.74 Å². The Kier molecular flexibility index (Phi) is 4.34. The van der Waals surface area contributed by atoms with E-state index in [1.807, 2.05) is 18.2 Å². The summed E-state index contributed by atoms with van der Waals surface area (Å²) in [6.07, 6.45) is 0.0357. The molecule has 4 heteroatoms. The fraction of sp³-hybridized carbons (Fsp3) is 0.208. The number of fused-ring (bicyclic) bond motifs is 2. The molecule has 1 aliphatic heterocycles. The average molecular weight is 370 g/mol. The Morgan fingerprint density at radius 2 is 1.75 bits per heavy atom. The molecule has 0 amide bonds. The van der Waals surface area contributed by atoms with Crippen molar-refractivity contribution in [3.63, 3.8) is 0 Å². The predicted octanol–water partition coefficient (Wildman–Crippen LogP) is 4.97. The second-order valence-corrected chi connectivity index (χ2v) is 7.14. The lowest BCUT2D eigenvalue weighted by Gasteiger charge is -2.34. The molecular weight excluding hydrogens is 348 g/mol. The molecule has 1 saturated heterocycles. The number of para-hydroxylation sites is 1. The highest BCUT2D eigenvalue weighted by Crippen LogP contribution is 2.29. The number of hydrogen-bond donors (Lipinski definition) is 0. The van der Waals surface area contributed by atoms with E-state index in [0.29, 0.717) is 6.61 Å². The van der Waals surface area contributed by atoms with Crippen LogP contribution in [0.15, 0.2) is 72.8 Å². The molecule has 0 spiro atoms. The quantitative estimate of drug-likeness (QED) is 0.510. The largest absolute Gasteiger partial charge is 0.497 e. The molecule has 0 aliphatic carbocycles. The van der Waals surface area contributed by atoms with Gasteiger partial charge in [0, 0.05) is 18.5 Å². The number of morpholine rings is 1. The molecule has 1 aliphatic rings. The second-order valence-electron chi connectivity index (χ2n) is 7.14. The summed E-state index contributed by atoms with van der Waals surface area (Å²) in [5.41, 5.74) is 2.23. The van der Waals surface area contributed by atoms with Gasteiger partial charge in [-0.3, -0.25) is 0 Å². The topological polar surface area (TPSA) is 34.6 Å². The van der Waals surface area contributed by atoms with Crippen molar-refractivity contribution >= 4 is 27.5 Å². The van der Waals surface area contributed by atoms with E-state index >= 15 is 0 Å². The first-order chi connectivity index (χ1) is 13.8. The van der Waals surface area contributed by atoms with E-state index in [1.165, 1.54) is 21.7 Å². The highest BCUT2D eigenvalue weighted by Gasteiger charge is 2.23. The molecule has 4 aromatic rings. The molecule has 0 radical (unpaired) electrons. The van der Waals surface area contributed by atoms with E-state index in [1.54, 1.807) is 7.11 Å². The van der Waals surface area contributed by atoms with E-state index in [4.69, 9.17) is 14.5 Å². The van der Waals surface area contributed by atoms with Gasteiger partial charge in [0.2, 0.25) is 0 Å². The van der Waals surface area contributed by atoms with Crippen LogP contribution >= 0.6 is 0 Å². The number of anilines is 1. The van der Waals surface area contributed by atoms with Crippen molar-refractivity contribution in [3.8, 4) is 5.75 Å². The first kappa shape index (κ1) is 17.0. The third-order valence-electron chi connectivity index (χ3n) is 5.42. The lowest BCUT2D eigenvalue weighted by molar-refractivity contribution is 0.0396. The van der Waals surface area contributed by atoms with Gasteiger partial charge in [-0.05, 0) is 52.7 Å². The van der Waals surface area contributed by atoms with Gasteiger partial charge in [0.15, 0.2) is 0 Å². The standard InChI is InChI=1S/C24H22N2O2/c1-27-21-10-8-18-14-20(7-6-19(18)15-21)23-16-26(12-13-28-23)24-11-9-17-4-2-3-5-22(17)25-24/h2-11,14-15,23H,12-13,16H2,1H3. The zero-order chi connectivity index (χ0) is 18.9. The van der Waals surface area contributed by atoms with Crippen LogP contribution in [0.5, 0.6) is 5.75 Å². The van der Waals surface area contributed by atoms with Gasteiger partial charge in [-0.2, -0.15) is 0 Å².